The van der Waals surface area contributed by atoms with Crippen molar-refractivity contribution in [2.45, 2.75) is 140 Å². The Morgan fingerprint density at radius 3 is 2.27 bits per heavy atom. The monoisotopic (exact) mass is 624 g/mol. The Labute approximate surface area is 261 Å². The van der Waals surface area contributed by atoms with Gasteiger partial charge in [0, 0.05) is 12.3 Å². The third-order valence-corrected chi connectivity index (χ3v) is 14.0. The second kappa shape index (κ2) is 12.0. The summed E-state index contributed by atoms with van der Waals surface area (Å²) in [5.41, 5.74) is 0.416. The number of esters is 1. The number of ether oxygens (including phenoxy) is 3. The van der Waals surface area contributed by atoms with E-state index < -0.39 is 55.0 Å². The molecule has 1 unspecified atom stereocenters. The molecule has 6 fully saturated rings. The van der Waals surface area contributed by atoms with Crippen molar-refractivity contribution >= 4 is 5.97 Å². The zero-order valence-electron chi connectivity index (χ0n) is 26.9. The van der Waals surface area contributed by atoms with Crippen molar-refractivity contribution in [3.8, 4) is 0 Å². The quantitative estimate of drug-likeness (QED) is 0.231. The summed E-state index contributed by atoms with van der Waals surface area (Å²) in [6.07, 6.45) is 0.309. The summed E-state index contributed by atoms with van der Waals surface area (Å²) < 4.78 is 19.0. The van der Waals surface area contributed by atoms with Crippen LogP contribution in [0.4, 0.5) is 0 Å². The van der Waals surface area contributed by atoms with Crippen LogP contribution in [0.15, 0.2) is 0 Å². The number of carbonyl (C=O) groups is 1. The molecule has 4 saturated carbocycles. The van der Waals surface area contributed by atoms with Crippen molar-refractivity contribution in [2.24, 2.45) is 52.3 Å². The molecule has 6 rings (SSSR count). The maximum Gasteiger partial charge on any atom is 0.338 e. The fourth-order valence-electron chi connectivity index (χ4n) is 11.4. The van der Waals surface area contributed by atoms with E-state index in [-0.39, 0.29) is 16.9 Å². The highest BCUT2D eigenvalue weighted by molar-refractivity contribution is 5.75. The van der Waals surface area contributed by atoms with Crippen molar-refractivity contribution < 1.29 is 49.6 Å². The van der Waals surface area contributed by atoms with E-state index in [2.05, 4.69) is 27.7 Å². The van der Waals surface area contributed by atoms with Gasteiger partial charge in [-0.1, -0.05) is 27.7 Å². The highest BCUT2D eigenvalue weighted by atomic mass is 16.7. The molecule has 6 aliphatic rings. The lowest BCUT2D eigenvalue weighted by atomic mass is 9.44. The minimum Gasteiger partial charge on any atom is -0.460 e. The minimum atomic E-state index is -2.08. The standard InChI is InChI=1S/C34H56O10/c1-17-7-12-34(42-16-17)18(2)26-25(44-34)14-23-21-6-5-19-13-20(8-10-32(19,3)22(21)9-11-33(23,26)4)43-31(41)30(40)29(39)28(38)27(37)24(36)15-35/h17-30,35-40H,5-16H2,1-4H3/t17-,18+,19?,20+,21-,22+,23+,24-,25+,26+,27-,28-,29+,30+,32+,33+,34-/m1/s1. The van der Waals surface area contributed by atoms with Gasteiger partial charge in [-0.15, -0.1) is 0 Å². The normalized spacial score (nSPS) is 50.0. The van der Waals surface area contributed by atoms with Crippen LogP contribution in [-0.4, -0.2) is 98.3 Å². The Morgan fingerprint density at radius 1 is 0.864 bits per heavy atom. The molecule has 0 radical (unpaired) electrons. The van der Waals surface area contributed by atoms with Crippen LogP contribution < -0.4 is 0 Å². The van der Waals surface area contributed by atoms with Gasteiger partial charge in [-0.2, -0.15) is 0 Å². The van der Waals surface area contributed by atoms with E-state index in [1.165, 1.54) is 19.3 Å². The number of hydrogen-bond donors (Lipinski definition) is 6. The van der Waals surface area contributed by atoms with Crippen molar-refractivity contribution in [1.29, 1.82) is 0 Å². The maximum atomic E-state index is 12.7. The van der Waals surface area contributed by atoms with E-state index in [0.29, 0.717) is 54.3 Å². The molecule has 0 aromatic heterocycles. The zero-order valence-corrected chi connectivity index (χ0v) is 26.9. The summed E-state index contributed by atoms with van der Waals surface area (Å²) in [5, 5.41) is 59.1. The Morgan fingerprint density at radius 2 is 1.59 bits per heavy atom. The number of fused-ring (bicyclic) bond motifs is 7. The van der Waals surface area contributed by atoms with Crippen LogP contribution in [0.3, 0.4) is 0 Å². The first-order chi connectivity index (χ1) is 20.8. The largest absolute Gasteiger partial charge is 0.460 e. The van der Waals surface area contributed by atoms with E-state index in [1.807, 2.05) is 0 Å². The molecule has 0 aromatic carbocycles. The molecule has 10 nitrogen and oxygen atoms in total. The Balaban J connectivity index is 1.08. The molecule has 1 spiro atoms. The summed E-state index contributed by atoms with van der Waals surface area (Å²) in [6.45, 7) is 9.59. The van der Waals surface area contributed by atoms with Crippen LogP contribution in [-0.2, 0) is 19.0 Å². The third-order valence-electron chi connectivity index (χ3n) is 14.0. The fraction of sp³-hybridized carbons (Fsp3) is 0.971. The maximum absolute atomic E-state index is 12.7. The van der Waals surface area contributed by atoms with Gasteiger partial charge in [-0.25, -0.2) is 4.79 Å². The van der Waals surface area contributed by atoms with Gasteiger partial charge in [0.25, 0.3) is 0 Å². The average Bonchev–Trinajstić information content (AvgIpc) is 3.46. The number of carbonyl (C=O) groups excluding carboxylic acids is 1. The molecule has 0 amide bonds. The predicted octanol–water partition coefficient (Wildman–Crippen LogP) is 2.14. The van der Waals surface area contributed by atoms with Crippen LogP contribution in [0.5, 0.6) is 0 Å². The predicted molar refractivity (Wildman–Crippen MR) is 159 cm³/mol. The van der Waals surface area contributed by atoms with Gasteiger partial charge in [-0.3, -0.25) is 0 Å². The Bertz CT molecular complexity index is 1050. The van der Waals surface area contributed by atoms with Crippen molar-refractivity contribution in [3.63, 3.8) is 0 Å². The third kappa shape index (κ3) is 5.18. The summed E-state index contributed by atoms with van der Waals surface area (Å²) >= 11 is 0. The first-order valence-electron chi connectivity index (χ1n) is 17.3. The zero-order chi connectivity index (χ0) is 31.8. The second-order valence-corrected chi connectivity index (χ2v) is 16.2. The van der Waals surface area contributed by atoms with Gasteiger partial charge >= 0.3 is 5.97 Å². The molecule has 2 aliphatic heterocycles. The molecular formula is C34H56O10. The van der Waals surface area contributed by atoms with Gasteiger partial charge in [0.15, 0.2) is 11.9 Å². The van der Waals surface area contributed by atoms with E-state index in [1.54, 1.807) is 0 Å². The van der Waals surface area contributed by atoms with Gasteiger partial charge in [0.1, 0.15) is 30.5 Å². The first-order valence-corrected chi connectivity index (χ1v) is 17.3. The lowest BCUT2D eigenvalue weighted by Gasteiger charge is -2.61. The van der Waals surface area contributed by atoms with Crippen LogP contribution >= 0.6 is 0 Å². The molecule has 6 N–H and O–H groups in total. The molecule has 2 saturated heterocycles. The number of aliphatic hydroxyl groups excluding tert-OH is 6. The summed E-state index contributed by atoms with van der Waals surface area (Å²) in [6, 6.07) is 0. The average molecular weight is 625 g/mol. The molecule has 10 heteroatoms. The molecular weight excluding hydrogens is 568 g/mol. The fourth-order valence-corrected chi connectivity index (χ4v) is 11.4. The van der Waals surface area contributed by atoms with Crippen LogP contribution in [0.25, 0.3) is 0 Å². The van der Waals surface area contributed by atoms with E-state index >= 15 is 0 Å². The highest BCUT2D eigenvalue weighted by Gasteiger charge is 2.69. The van der Waals surface area contributed by atoms with Crippen LogP contribution in [0, 0.1) is 52.3 Å². The SMILES string of the molecule is C[C@@H]1CC[C@@]2(OC1)O[C@H]1C[C@H]3[C@@H]4CCC5C[C@@H](OC(=O)[C@@H](O)[C@@H](O)[C@H](O)[C@H](O)[C@H](O)CO)CC[C@]5(C)[C@H]4CC[C@]3(C)[C@H]1[C@@H]2C. The lowest BCUT2D eigenvalue weighted by molar-refractivity contribution is -0.273. The topological polar surface area (TPSA) is 166 Å². The highest BCUT2D eigenvalue weighted by Crippen LogP contribution is 2.71. The Kier molecular flexibility index (Phi) is 9.01. The second-order valence-electron chi connectivity index (χ2n) is 16.2. The summed E-state index contributed by atoms with van der Waals surface area (Å²) in [7, 11) is 0. The molecule has 2 heterocycles. The first kappa shape index (κ1) is 33.1. The molecule has 0 bridgehead atoms. The number of rotatable bonds is 7. The van der Waals surface area contributed by atoms with Gasteiger partial charge in [-0.05, 0) is 104 Å². The minimum absolute atomic E-state index is 0.153. The molecule has 4 aliphatic carbocycles. The van der Waals surface area contributed by atoms with Crippen LogP contribution in [0.1, 0.15) is 91.9 Å². The van der Waals surface area contributed by atoms with Crippen molar-refractivity contribution in [1.82, 2.24) is 0 Å². The molecule has 252 valence electrons. The summed E-state index contributed by atoms with van der Waals surface area (Å²) in [5.74, 6) is 2.41. The number of hydrogen-bond acceptors (Lipinski definition) is 10. The van der Waals surface area contributed by atoms with E-state index in [9.17, 15) is 30.3 Å². The van der Waals surface area contributed by atoms with E-state index in [4.69, 9.17) is 19.3 Å². The smallest absolute Gasteiger partial charge is 0.338 e. The summed E-state index contributed by atoms with van der Waals surface area (Å²) in [4.78, 5) is 12.7. The van der Waals surface area contributed by atoms with Crippen LogP contribution in [0.2, 0.25) is 0 Å². The van der Waals surface area contributed by atoms with Crippen molar-refractivity contribution in [2.75, 3.05) is 13.2 Å². The number of aliphatic hydroxyl groups is 6. The van der Waals surface area contributed by atoms with Crippen molar-refractivity contribution in [3.05, 3.63) is 0 Å². The van der Waals surface area contributed by atoms with Gasteiger partial charge in [0.2, 0.25) is 0 Å². The Hall–Kier alpha value is -0.850. The molecule has 0 aromatic rings. The van der Waals surface area contributed by atoms with Gasteiger partial charge in [0.05, 0.1) is 19.3 Å². The molecule has 44 heavy (non-hydrogen) atoms. The van der Waals surface area contributed by atoms with Gasteiger partial charge < -0.3 is 44.8 Å². The lowest BCUT2D eigenvalue weighted by Crippen LogP contribution is -2.55. The van der Waals surface area contributed by atoms with E-state index in [0.717, 1.165) is 38.7 Å². The molecule has 17 atom stereocenters.